The molecule has 0 aliphatic heterocycles. The van der Waals surface area contributed by atoms with Gasteiger partial charge in [0.15, 0.2) is 11.5 Å². The highest BCUT2D eigenvalue weighted by Gasteiger charge is 2.29. The standard InChI is InChI=1S/C25H25F3N2O4S/c1-33-23-12-17(14-30-21(13-24(29)32)18-5-7-19(31)8-6-18)4-11-22(23)34-15-16-2-9-20(10-3-16)35-25(26,27)28/h2-12,21,30-31H,13-15H2,1H3,(H2,29,32). The number of thioether (sulfide) groups is 1. The number of nitrogens with one attached hydrogen (secondary N) is 1. The van der Waals surface area contributed by atoms with Crippen molar-refractivity contribution in [2.45, 2.75) is 36.0 Å². The molecule has 0 saturated carbocycles. The van der Waals surface area contributed by atoms with Crippen LogP contribution in [-0.2, 0) is 17.9 Å². The molecule has 35 heavy (non-hydrogen) atoms. The van der Waals surface area contributed by atoms with Crippen LogP contribution >= 0.6 is 11.8 Å². The van der Waals surface area contributed by atoms with Crippen LogP contribution in [-0.4, -0.2) is 23.6 Å². The zero-order chi connectivity index (χ0) is 25.4. The average molecular weight is 507 g/mol. The molecule has 0 bridgehead atoms. The maximum absolute atomic E-state index is 12.5. The van der Waals surface area contributed by atoms with Crippen LogP contribution in [0.1, 0.15) is 29.2 Å². The van der Waals surface area contributed by atoms with Gasteiger partial charge in [0.2, 0.25) is 5.91 Å². The summed E-state index contributed by atoms with van der Waals surface area (Å²) in [5.74, 6) is 0.645. The molecule has 1 atom stereocenters. The van der Waals surface area contributed by atoms with Crippen LogP contribution < -0.4 is 20.5 Å². The molecule has 0 aliphatic carbocycles. The van der Waals surface area contributed by atoms with E-state index < -0.39 is 11.4 Å². The summed E-state index contributed by atoms with van der Waals surface area (Å²) in [6.45, 7) is 0.570. The largest absolute Gasteiger partial charge is 0.508 e. The number of hydrogen-bond acceptors (Lipinski definition) is 6. The maximum Gasteiger partial charge on any atom is 0.446 e. The van der Waals surface area contributed by atoms with Gasteiger partial charge in [-0.05, 0) is 64.9 Å². The normalized spacial score (nSPS) is 12.2. The Hall–Kier alpha value is -3.37. The third-order valence-corrected chi connectivity index (χ3v) is 5.77. The second kappa shape index (κ2) is 11.9. The van der Waals surface area contributed by atoms with Gasteiger partial charge >= 0.3 is 5.51 Å². The van der Waals surface area contributed by atoms with E-state index in [9.17, 15) is 23.1 Å². The second-order valence-corrected chi connectivity index (χ2v) is 8.80. The molecule has 3 aromatic rings. The Kier molecular flexibility index (Phi) is 8.89. The lowest BCUT2D eigenvalue weighted by atomic mass is 10.0. The van der Waals surface area contributed by atoms with Gasteiger partial charge in [-0.2, -0.15) is 13.2 Å². The number of phenolic OH excluding ortho intramolecular Hbond substituents is 1. The van der Waals surface area contributed by atoms with Crippen LogP contribution in [0.3, 0.4) is 0 Å². The van der Waals surface area contributed by atoms with Crippen molar-refractivity contribution in [1.82, 2.24) is 5.32 Å². The number of carbonyl (C=O) groups is 1. The van der Waals surface area contributed by atoms with Gasteiger partial charge in [-0.15, -0.1) is 0 Å². The number of methoxy groups -OCH3 is 1. The van der Waals surface area contributed by atoms with Gasteiger partial charge in [-0.1, -0.05) is 30.3 Å². The Morgan fingerprint density at radius 1 is 1.03 bits per heavy atom. The van der Waals surface area contributed by atoms with Crippen LogP contribution in [0.2, 0.25) is 0 Å². The van der Waals surface area contributed by atoms with E-state index in [4.69, 9.17) is 15.2 Å². The van der Waals surface area contributed by atoms with Crippen LogP contribution in [0, 0.1) is 0 Å². The number of hydrogen-bond donors (Lipinski definition) is 3. The van der Waals surface area contributed by atoms with Crippen molar-refractivity contribution < 1.29 is 32.5 Å². The SMILES string of the molecule is COc1cc(CNC(CC(N)=O)c2ccc(O)cc2)ccc1OCc1ccc(SC(F)(F)F)cc1. The molecule has 1 amide bonds. The highest BCUT2D eigenvalue weighted by Crippen LogP contribution is 2.37. The minimum atomic E-state index is -4.33. The molecule has 0 radical (unpaired) electrons. The van der Waals surface area contributed by atoms with E-state index in [1.807, 2.05) is 6.07 Å². The minimum Gasteiger partial charge on any atom is -0.508 e. The molecule has 0 heterocycles. The van der Waals surface area contributed by atoms with Gasteiger partial charge < -0.3 is 25.6 Å². The lowest BCUT2D eigenvalue weighted by Gasteiger charge is -2.19. The number of primary amides is 1. The highest BCUT2D eigenvalue weighted by atomic mass is 32.2. The number of benzene rings is 3. The van der Waals surface area contributed by atoms with Crippen molar-refractivity contribution in [1.29, 1.82) is 0 Å². The van der Waals surface area contributed by atoms with Crippen molar-refractivity contribution in [2.24, 2.45) is 5.73 Å². The van der Waals surface area contributed by atoms with Crippen molar-refractivity contribution in [3.8, 4) is 17.2 Å². The smallest absolute Gasteiger partial charge is 0.446 e. The van der Waals surface area contributed by atoms with Gasteiger partial charge in [-0.3, -0.25) is 4.79 Å². The fourth-order valence-electron chi connectivity index (χ4n) is 3.35. The Morgan fingerprint density at radius 3 is 2.29 bits per heavy atom. The molecule has 0 aromatic heterocycles. The number of phenols is 1. The molecule has 1 unspecified atom stereocenters. The van der Waals surface area contributed by atoms with E-state index in [0.29, 0.717) is 23.6 Å². The van der Waals surface area contributed by atoms with Gasteiger partial charge in [0.25, 0.3) is 0 Å². The van der Waals surface area contributed by atoms with E-state index in [2.05, 4.69) is 5.32 Å². The lowest BCUT2D eigenvalue weighted by Crippen LogP contribution is -2.26. The summed E-state index contributed by atoms with van der Waals surface area (Å²) in [6, 6.07) is 17.5. The van der Waals surface area contributed by atoms with Crippen molar-refractivity contribution in [3.05, 3.63) is 83.4 Å². The van der Waals surface area contributed by atoms with E-state index in [0.717, 1.165) is 11.1 Å². The van der Waals surface area contributed by atoms with Crippen molar-refractivity contribution in [3.63, 3.8) is 0 Å². The van der Waals surface area contributed by atoms with Crippen LogP contribution in [0.25, 0.3) is 0 Å². The summed E-state index contributed by atoms with van der Waals surface area (Å²) in [4.78, 5) is 11.6. The summed E-state index contributed by atoms with van der Waals surface area (Å²) in [7, 11) is 1.51. The molecule has 3 rings (SSSR count). The summed E-state index contributed by atoms with van der Waals surface area (Å²) in [5.41, 5.74) is 3.47. The first-order valence-corrected chi connectivity index (χ1v) is 11.4. The quantitative estimate of drug-likeness (QED) is 0.306. The molecule has 4 N–H and O–H groups in total. The second-order valence-electron chi connectivity index (χ2n) is 7.66. The number of ether oxygens (including phenoxy) is 2. The number of halogens is 3. The Bertz CT molecular complexity index is 1120. The van der Waals surface area contributed by atoms with Gasteiger partial charge in [0.1, 0.15) is 12.4 Å². The molecule has 0 saturated heterocycles. The molecule has 0 fully saturated rings. The fourth-order valence-corrected chi connectivity index (χ4v) is 3.89. The maximum atomic E-state index is 12.5. The van der Waals surface area contributed by atoms with E-state index in [1.54, 1.807) is 48.5 Å². The molecular weight excluding hydrogens is 481 g/mol. The van der Waals surface area contributed by atoms with Crippen LogP contribution in [0.4, 0.5) is 13.2 Å². The number of aromatic hydroxyl groups is 1. The van der Waals surface area contributed by atoms with E-state index in [-0.39, 0.29) is 41.5 Å². The number of rotatable bonds is 11. The highest BCUT2D eigenvalue weighted by molar-refractivity contribution is 8.00. The molecular formula is C25H25F3N2O4S. The average Bonchev–Trinajstić information content (AvgIpc) is 2.81. The Morgan fingerprint density at radius 2 is 1.69 bits per heavy atom. The minimum absolute atomic E-state index is 0.0867. The monoisotopic (exact) mass is 506 g/mol. The Balaban J connectivity index is 1.63. The number of carbonyl (C=O) groups excluding carboxylic acids is 1. The first kappa shape index (κ1) is 26.2. The van der Waals surface area contributed by atoms with Crippen LogP contribution in [0.15, 0.2) is 71.6 Å². The fraction of sp³-hybridized carbons (Fsp3) is 0.240. The third kappa shape index (κ3) is 8.41. The summed E-state index contributed by atoms with van der Waals surface area (Å²) < 4.78 is 48.7. The molecule has 0 aliphatic rings. The van der Waals surface area contributed by atoms with Crippen molar-refractivity contribution in [2.75, 3.05) is 7.11 Å². The summed E-state index contributed by atoms with van der Waals surface area (Å²) in [5, 5.41) is 12.8. The molecule has 0 spiro atoms. The molecule has 186 valence electrons. The molecule has 10 heteroatoms. The predicted molar refractivity (Wildman–Crippen MR) is 127 cm³/mol. The third-order valence-electron chi connectivity index (χ3n) is 5.03. The summed E-state index contributed by atoms with van der Waals surface area (Å²) >= 11 is -0.163. The predicted octanol–water partition coefficient (Wildman–Crippen LogP) is 5.30. The first-order valence-electron chi connectivity index (χ1n) is 10.6. The van der Waals surface area contributed by atoms with Gasteiger partial charge in [0.05, 0.1) is 7.11 Å². The summed E-state index contributed by atoms with van der Waals surface area (Å²) in [6.07, 6.45) is 0.0867. The number of amides is 1. The molecule has 3 aromatic carbocycles. The number of nitrogens with two attached hydrogens (primary N) is 1. The van der Waals surface area contributed by atoms with Crippen molar-refractivity contribution >= 4 is 17.7 Å². The van der Waals surface area contributed by atoms with Crippen LogP contribution in [0.5, 0.6) is 17.2 Å². The van der Waals surface area contributed by atoms with Gasteiger partial charge in [-0.25, -0.2) is 0 Å². The molecule has 6 nitrogen and oxygen atoms in total. The zero-order valence-corrected chi connectivity index (χ0v) is 19.7. The van der Waals surface area contributed by atoms with E-state index in [1.165, 1.54) is 19.2 Å². The number of alkyl halides is 3. The van der Waals surface area contributed by atoms with Gasteiger partial charge in [0, 0.05) is 23.9 Å². The Labute approximate surface area is 205 Å². The zero-order valence-electron chi connectivity index (χ0n) is 18.8. The lowest BCUT2D eigenvalue weighted by molar-refractivity contribution is -0.118. The topological polar surface area (TPSA) is 93.8 Å². The first-order chi connectivity index (χ1) is 16.6. The van der Waals surface area contributed by atoms with E-state index >= 15 is 0 Å².